The number of nitrogens with one attached hydrogen (secondary N) is 1. The molecule has 0 radical (unpaired) electrons. The highest BCUT2D eigenvalue weighted by atomic mass is 16.2. The first-order valence-corrected chi connectivity index (χ1v) is 7.98. The van der Waals surface area contributed by atoms with E-state index < -0.39 is 0 Å². The fraction of sp³-hybridized carbons (Fsp3) is 0.875. The third-order valence-corrected chi connectivity index (χ3v) is 4.74. The van der Waals surface area contributed by atoms with Crippen molar-refractivity contribution < 1.29 is 9.59 Å². The molecule has 0 aromatic heterocycles. The maximum absolute atomic E-state index is 12.7. The van der Waals surface area contributed by atoms with Gasteiger partial charge in [0.25, 0.3) is 0 Å². The summed E-state index contributed by atoms with van der Waals surface area (Å²) in [5.74, 6) is 2.15. The number of hydrogen-bond donors (Lipinski definition) is 1. The topological polar surface area (TPSA) is 49.4 Å². The van der Waals surface area contributed by atoms with E-state index in [2.05, 4.69) is 33.0 Å². The van der Waals surface area contributed by atoms with Gasteiger partial charge < -0.3 is 10.2 Å². The Bertz CT molecular complexity index is 367. The maximum Gasteiger partial charge on any atom is 0.245 e. The Balaban J connectivity index is 2.08. The average molecular weight is 280 g/mol. The van der Waals surface area contributed by atoms with Crippen LogP contribution >= 0.6 is 0 Å². The molecule has 1 aliphatic heterocycles. The highest BCUT2D eigenvalue weighted by Crippen LogP contribution is 2.34. The van der Waals surface area contributed by atoms with E-state index in [1.807, 2.05) is 4.90 Å². The summed E-state index contributed by atoms with van der Waals surface area (Å²) < 4.78 is 0. The first kappa shape index (κ1) is 15.3. The van der Waals surface area contributed by atoms with Crippen LogP contribution in [0.3, 0.4) is 0 Å². The van der Waals surface area contributed by atoms with Crippen molar-refractivity contribution in [2.45, 2.75) is 53.0 Å². The summed E-state index contributed by atoms with van der Waals surface area (Å²) >= 11 is 0. The molecule has 1 atom stereocenters. The Labute approximate surface area is 122 Å². The van der Waals surface area contributed by atoms with Crippen molar-refractivity contribution in [2.75, 3.05) is 13.1 Å². The SMILES string of the molecule is CC(C)C(CN1CCC(=O)NC(C2CC2)C1=O)C(C)C. The van der Waals surface area contributed by atoms with Gasteiger partial charge >= 0.3 is 0 Å². The van der Waals surface area contributed by atoms with Crippen LogP contribution in [0.1, 0.15) is 47.0 Å². The first-order valence-electron chi connectivity index (χ1n) is 7.98. The molecule has 1 aliphatic carbocycles. The lowest BCUT2D eigenvalue weighted by Crippen LogP contribution is -2.48. The van der Waals surface area contributed by atoms with E-state index in [0.717, 1.165) is 19.4 Å². The first-order chi connectivity index (χ1) is 9.40. The van der Waals surface area contributed by atoms with Gasteiger partial charge in [0, 0.05) is 19.5 Å². The number of rotatable bonds is 5. The third kappa shape index (κ3) is 3.53. The molecule has 2 fully saturated rings. The molecule has 2 aliphatic rings. The molecule has 20 heavy (non-hydrogen) atoms. The number of amides is 2. The van der Waals surface area contributed by atoms with E-state index >= 15 is 0 Å². The van der Waals surface area contributed by atoms with Gasteiger partial charge in [-0.1, -0.05) is 27.7 Å². The molecule has 1 N–H and O–H groups in total. The zero-order valence-electron chi connectivity index (χ0n) is 13.2. The van der Waals surface area contributed by atoms with Crippen molar-refractivity contribution in [2.24, 2.45) is 23.7 Å². The minimum Gasteiger partial charge on any atom is -0.344 e. The molecule has 2 rings (SSSR count). The van der Waals surface area contributed by atoms with Gasteiger partial charge in [-0.15, -0.1) is 0 Å². The van der Waals surface area contributed by atoms with Crippen molar-refractivity contribution in [1.29, 1.82) is 0 Å². The zero-order chi connectivity index (χ0) is 14.9. The Morgan fingerprint density at radius 2 is 1.75 bits per heavy atom. The van der Waals surface area contributed by atoms with Crippen molar-refractivity contribution >= 4 is 11.8 Å². The van der Waals surface area contributed by atoms with Crippen LogP contribution in [0.4, 0.5) is 0 Å². The third-order valence-electron chi connectivity index (χ3n) is 4.74. The fourth-order valence-corrected chi connectivity index (χ4v) is 3.23. The van der Waals surface area contributed by atoms with Crippen LogP contribution in [0.5, 0.6) is 0 Å². The largest absolute Gasteiger partial charge is 0.344 e. The van der Waals surface area contributed by atoms with Crippen molar-refractivity contribution in [3.8, 4) is 0 Å². The number of carbonyl (C=O) groups is 2. The molecule has 0 bridgehead atoms. The highest BCUT2D eigenvalue weighted by Gasteiger charge is 2.41. The van der Waals surface area contributed by atoms with Crippen molar-refractivity contribution in [3.05, 3.63) is 0 Å². The summed E-state index contributed by atoms with van der Waals surface area (Å²) in [7, 11) is 0. The summed E-state index contributed by atoms with van der Waals surface area (Å²) in [5, 5.41) is 2.92. The highest BCUT2D eigenvalue weighted by molar-refractivity contribution is 5.90. The molecule has 0 spiro atoms. The van der Waals surface area contributed by atoms with Gasteiger partial charge in [0.2, 0.25) is 11.8 Å². The van der Waals surface area contributed by atoms with Crippen LogP contribution in [0.2, 0.25) is 0 Å². The normalized spacial score (nSPS) is 24.6. The lowest BCUT2D eigenvalue weighted by molar-refractivity contribution is -0.135. The minimum absolute atomic E-state index is 0.0309. The van der Waals surface area contributed by atoms with E-state index in [1.165, 1.54) is 0 Å². The van der Waals surface area contributed by atoms with Gasteiger partial charge in [-0.2, -0.15) is 0 Å². The molecule has 1 saturated carbocycles. The smallest absolute Gasteiger partial charge is 0.245 e. The predicted octanol–water partition coefficient (Wildman–Crippen LogP) is 2.04. The van der Waals surface area contributed by atoms with Crippen molar-refractivity contribution in [3.63, 3.8) is 0 Å². The summed E-state index contributed by atoms with van der Waals surface area (Å²) in [6.45, 7) is 10.2. The van der Waals surface area contributed by atoms with Crippen molar-refractivity contribution in [1.82, 2.24) is 10.2 Å². The fourth-order valence-electron chi connectivity index (χ4n) is 3.23. The van der Waals surface area contributed by atoms with Gasteiger partial charge in [-0.05, 0) is 36.5 Å². The Morgan fingerprint density at radius 1 is 1.15 bits per heavy atom. The summed E-state index contributed by atoms with van der Waals surface area (Å²) in [4.78, 5) is 26.4. The van der Waals surface area contributed by atoms with E-state index in [1.54, 1.807) is 0 Å². The molecular formula is C16H28N2O2. The van der Waals surface area contributed by atoms with Crippen LogP contribution in [0.15, 0.2) is 0 Å². The Kier molecular flexibility index (Phi) is 4.71. The van der Waals surface area contributed by atoms with Crippen LogP contribution in [-0.4, -0.2) is 35.8 Å². The molecule has 2 amide bonds. The second-order valence-electron chi connectivity index (χ2n) is 7.07. The molecule has 0 aromatic rings. The molecule has 0 aromatic carbocycles. The van der Waals surface area contributed by atoms with E-state index in [9.17, 15) is 9.59 Å². The second kappa shape index (κ2) is 6.15. The number of carbonyl (C=O) groups excluding carboxylic acids is 2. The minimum atomic E-state index is -0.259. The molecular weight excluding hydrogens is 252 g/mol. The van der Waals surface area contributed by atoms with Crippen LogP contribution < -0.4 is 5.32 Å². The lowest BCUT2D eigenvalue weighted by Gasteiger charge is -2.32. The van der Waals surface area contributed by atoms with Crippen LogP contribution in [0, 0.1) is 23.7 Å². The molecule has 114 valence electrons. The maximum atomic E-state index is 12.7. The number of nitrogens with zero attached hydrogens (tertiary/aromatic N) is 1. The van der Waals surface area contributed by atoms with Gasteiger partial charge in [0.05, 0.1) is 0 Å². The van der Waals surface area contributed by atoms with Gasteiger partial charge in [-0.3, -0.25) is 9.59 Å². The van der Waals surface area contributed by atoms with Gasteiger partial charge in [-0.25, -0.2) is 0 Å². The van der Waals surface area contributed by atoms with Crippen LogP contribution in [-0.2, 0) is 9.59 Å². The molecule has 4 nitrogen and oxygen atoms in total. The second-order valence-corrected chi connectivity index (χ2v) is 7.07. The Hall–Kier alpha value is -1.06. The predicted molar refractivity (Wildman–Crippen MR) is 79.0 cm³/mol. The monoisotopic (exact) mass is 280 g/mol. The summed E-state index contributed by atoms with van der Waals surface area (Å²) in [6, 6.07) is -0.259. The number of hydrogen-bond acceptors (Lipinski definition) is 2. The molecule has 1 saturated heterocycles. The van der Waals surface area contributed by atoms with E-state index in [4.69, 9.17) is 0 Å². The average Bonchev–Trinajstić information content (AvgIpc) is 3.17. The molecule has 1 unspecified atom stereocenters. The van der Waals surface area contributed by atoms with Crippen LogP contribution in [0.25, 0.3) is 0 Å². The lowest BCUT2D eigenvalue weighted by atomic mass is 9.85. The Morgan fingerprint density at radius 3 is 2.25 bits per heavy atom. The molecule has 1 heterocycles. The summed E-state index contributed by atoms with van der Waals surface area (Å²) in [5.41, 5.74) is 0. The van der Waals surface area contributed by atoms with Gasteiger partial charge in [0.1, 0.15) is 6.04 Å². The molecule has 4 heteroatoms. The van der Waals surface area contributed by atoms with E-state index in [-0.39, 0.29) is 17.9 Å². The standard InChI is InChI=1S/C16H28N2O2/c1-10(2)13(11(3)4)9-18-8-7-14(19)17-15(16(18)20)12-5-6-12/h10-13,15H,5-9H2,1-4H3,(H,17,19). The zero-order valence-corrected chi connectivity index (χ0v) is 13.2. The quantitative estimate of drug-likeness (QED) is 0.838. The van der Waals surface area contributed by atoms with E-state index in [0.29, 0.717) is 36.6 Å². The summed E-state index contributed by atoms with van der Waals surface area (Å²) in [6.07, 6.45) is 2.59. The van der Waals surface area contributed by atoms with Gasteiger partial charge in [0.15, 0.2) is 0 Å².